The molecule has 116 valence electrons. The van der Waals surface area contributed by atoms with Gasteiger partial charge in [-0.05, 0) is 12.0 Å². The van der Waals surface area contributed by atoms with Crippen molar-refractivity contribution in [3.8, 4) is 0 Å². The van der Waals surface area contributed by atoms with Crippen LogP contribution in [0.5, 0.6) is 0 Å². The third-order valence-electron chi connectivity index (χ3n) is 3.27. The van der Waals surface area contributed by atoms with Gasteiger partial charge in [-0.2, -0.15) is 0 Å². The van der Waals surface area contributed by atoms with E-state index in [-0.39, 0.29) is 22.7 Å². The van der Waals surface area contributed by atoms with Gasteiger partial charge in [0.1, 0.15) is 11.9 Å². The minimum Gasteiger partial charge on any atom is -0.480 e. The van der Waals surface area contributed by atoms with Gasteiger partial charge in [-0.15, -0.1) is 0 Å². The summed E-state index contributed by atoms with van der Waals surface area (Å²) < 4.78 is 0. The van der Waals surface area contributed by atoms with E-state index in [1.807, 2.05) is 13.8 Å². The quantitative estimate of drug-likeness (QED) is 0.842. The predicted octanol–water partition coefficient (Wildman–Crippen LogP) is 2.35. The van der Waals surface area contributed by atoms with Gasteiger partial charge in [0.15, 0.2) is 0 Å². The van der Waals surface area contributed by atoms with E-state index >= 15 is 0 Å². The van der Waals surface area contributed by atoms with Crippen LogP contribution in [0.4, 0.5) is 5.82 Å². The average molecular weight is 314 g/mol. The van der Waals surface area contributed by atoms with Crippen molar-refractivity contribution < 1.29 is 14.7 Å². The number of amides is 1. The van der Waals surface area contributed by atoms with Crippen LogP contribution in [-0.2, 0) is 4.79 Å². The van der Waals surface area contributed by atoms with Gasteiger partial charge in [-0.3, -0.25) is 4.79 Å². The van der Waals surface area contributed by atoms with Gasteiger partial charge >= 0.3 is 5.97 Å². The molecule has 0 spiro atoms. The summed E-state index contributed by atoms with van der Waals surface area (Å²) in [6.45, 7) is 3.75. The van der Waals surface area contributed by atoms with Crippen LogP contribution in [0.1, 0.15) is 30.6 Å². The highest BCUT2D eigenvalue weighted by atomic mass is 35.5. The van der Waals surface area contributed by atoms with Crippen molar-refractivity contribution in [3.63, 3.8) is 0 Å². The summed E-state index contributed by atoms with van der Waals surface area (Å²) in [6.07, 6.45) is 2.09. The Labute approximate surface area is 129 Å². The molecule has 0 saturated carbocycles. The van der Waals surface area contributed by atoms with Crippen molar-refractivity contribution in [2.24, 2.45) is 5.92 Å². The number of carbonyl (C=O) groups excluding carboxylic acids is 1. The highest BCUT2D eigenvalue weighted by molar-refractivity contribution is 6.33. The number of pyridine rings is 1. The molecule has 6 nitrogen and oxygen atoms in total. The minimum absolute atomic E-state index is 0.0801. The first-order valence-corrected chi connectivity index (χ1v) is 7.02. The molecule has 0 aliphatic carbocycles. The van der Waals surface area contributed by atoms with E-state index in [1.165, 1.54) is 17.2 Å². The number of nitrogens with one attached hydrogen (secondary N) is 1. The maximum Gasteiger partial charge on any atom is 0.326 e. The molecule has 1 aromatic heterocycles. The summed E-state index contributed by atoms with van der Waals surface area (Å²) >= 11 is 6.09. The Hall–Kier alpha value is -1.82. The summed E-state index contributed by atoms with van der Waals surface area (Å²) in [6, 6.07) is 0.699. The molecule has 2 N–H and O–H groups in total. The molecule has 0 radical (unpaired) electrons. The zero-order valence-electron chi connectivity index (χ0n) is 12.6. The Bertz CT molecular complexity index is 534. The first kappa shape index (κ1) is 17.2. The van der Waals surface area contributed by atoms with Crippen molar-refractivity contribution in [2.45, 2.75) is 26.3 Å². The number of halogens is 1. The fourth-order valence-electron chi connectivity index (χ4n) is 1.75. The molecule has 0 aliphatic rings. The summed E-state index contributed by atoms with van der Waals surface area (Å²) in [7, 11) is 3.26. The molecule has 1 aromatic rings. The summed E-state index contributed by atoms with van der Waals surface area (Å²) in [5.41, 5.74) is 0.353. The fourth-order valence-corrected chi connectivity index (χ4v) is 1.97. The lowest BCUT2D eigenvalue weighted by atomic mass is 9.99. The number of carboxylic acid groups (broad SMARTS) is 1. The standard InChI is InChI=1S/C14H20ClN3O3/c1-5-8(2)11(14(20)21)17-12-10(15)6-9(7-16-12)13(19)18(3)4/h6-8,11H,5H2,1-4H3,(H,16,17)(H,20,21)/t8-,11-/m0/s1. The number of hydrogen-bond acceptors (Lipinski definition) is 4. The molecule has 0 bridgehead atoms. The third-order valence-corrected chi connectivity index (χ3v) is 3.55. The maximum absolute atomic E-state index is 11.8. The zero-order chi connectivity index (χ0) is 16.2. The van der Waals surface area contributed by atoms with Crippen LogP contribution in [0.15, 0.2) is 12.3 Å². The lowest BCUT2D eigenvalue weighted by Crippen LogP contribution is -2.35. The molecule has 0 aliphatic heterocycles. The lowest BCUT2D eigenvalue weighted by molar-refractivity contribution is -0.139. The lowest BCUT2D eigenvalue weighted by Gasteiger charge is -2.21. The number of anilines is 1. The molecule has 0 unspecified atom stereocenters. The van der Waals surface area contributed by atoms with Crippen molar-refractivity contribution in [3.05, 3.63) is 22.8 Å². The monoisotopic (exact) mass is 313 g/mol. The van der Waals surface area contributed by atoms with Crippen molar-refractivity contribution >= 4 is 29.3 Å². The van der Waals surface area contributed by atoms with E-state index < -0.39 is 12.0 Å². The molecule has 1 amide bonds. The van der Waals surface area contributed by atoms with Gasteiger partial charge in [0, 0.05) is 20.3 Å². The molecule has 2 atom stereocenters. The smallest absolute Gasteiger partial charge is 0.326 e. The van der Waals surface area contributed by atoms with Crippen LogP contribution in [0.25, 0.3) is 0 Å². The van der Waals surface area contributed by atoms with E-state index in [9.17, 15) is 14.7 Å². The topological polar surface area (TPSA) is 82.5 Å². The first-order chi connectivity index (χ1) is 9.77. The van der Waals surface area contributed by atoms with Crippen LogP contribution >= 0.6 is 11.6 Å². The zero-order valence-corrected chi connectivity index (χ0v) is 13.3. The van der Waals surface area contributed by atoms with E-state index in [0.29, 0.717) is 12.0 Å². The minimum atomic E-state index is -0.962. The van der Waals surface area contributed by atoms with Gasteiger partial charge in [0.25, 0.3) is 5.91 Å². The van der Waals surface area contributed by atoms with Gasteiger partial charge in [0.2, 0.25) is 0 Å². The molecule has 1 heterocycles. The normalized spacial score (nSPS) is 13.4. The second-order valence-electron chi connectivity index (χ2n) is 5.10. The Balaban J connectivity index is 2.99. The molecule has 1 rings (SSSR count). The predicted molar refractivity (Wildman–Crippen MR) is 81.8 cm³/mol. The van der Waals surface area contributed by atoms with E-state index in [2.05, 4.69) is 10.3 Å². The third kappa shape index (κ3) is 4.32. The van der Waals surface area contributed by atoms with Gasteiger partial charge in [0.05, 0.1) is 10.6 Å². The van der Waals surface area contributed by atoms with E-state index in [4.69, 9.17) is 11.6 Å². The van der Waals surface area contributed by atoms with Crippen molar-refractivity contribution in [1.82, 2.24) is 9.88 Å². The van der Waals surface area contributed by atoms with E-state index in [0.717, 1.165) is 0 Å². The van der Waals surface area contributed by atoms with Crippen LogP contribution in [0, 0.1) is 5.92 Å². The van der Waals surface area contributed by atoms with Gasteiger partial charge < -0.3 is 15.3 Å². The van der Waals surface area contributed by atoms with Crippen LogP contribution in [0.3, 0.4) is 0 Å². The van der Waals surface area contributed by atoms with Crippen LogP contribution < -0.4 is 5.32 Å². The summed E-state index contributed by atoms with van der Waals surface area (Å²) in [4.78, 5) is 28.6. The Morgan fingerprint density at radius 1 is 1.48 bits per heavy atom. The molecular formula is C14H20ClN3O3. The van der Waals surface area contributed by atoms with Gasteiger partial charge in [-0.1, -0.05) is 31.9 Å². The summed E-state index contributed by atoms with van der Waals surface area (Å²) in [5.74, 6) is -0.994. The number of nitrogens with zero attached hydrogens (tertiary/aromatic N) is 2. The number of aliphatic carboxylic acids is 1. The molecule has 21 heavy (non-hydrogen) atoms. The first-order valence-electron chi connectivity index (χ1n) is 6.64. The molecule has 7 heteroatoms. The SMILES string of the molecule is CC[C@H](C)[C@H](Nc1ncc(C(=O)N(C)C)cc1Cl)C(=O)O. The van der Waals surface area contributed by atoms with Crippen LogP contribution in [0.2, 0.25) is 5.02 Å². The largest absolute Gasteiger partial charge is 0.480 e. The highest BCUT2D eigenvalue weighted by Gasteiger charge is 2.24. The Morgan fingerprint density at radius 3 is 2.52 bits per heavy atom. The highest BCUT2D eigenvalue weighted by Crippen LogP contribution is 2.23. The fraction of sp³-hybridized carbons (Fsp3) is 0.500. The van der Waals surface area contributed by atoms with Gasteiger partial charge in [-0.25, -0.2) is 9.78 Å². The van der Waals surface area contributed by atoms with Crippen LogP contribution in [-0.4, -0.2) is 47.0 Å². The number of hydrogen-bond donors (Lipinski definition) is 2. The molecular weight excluding hydrogens is 294 g/mol. The molecule has 0 fully saturated rings. The number of carboxylic acids is 1. The van der Waals surface area contributed by atoms with Crippen molar-refractivity contribution in [1.29, 1.82) is 0 Å². The second-order valence-corrected chi connectivity index (χ2v) is 5.51. The summed E-state index contributed by atoms with van der Waals surface area (Å²) in [5, 5.41) is 12.3. The number of rotatable bonds is 6. The Morgan fingerprint density at radius 2 is 2.10 bits per heavy atom. The van der Waals surface area contributed by atoms with Crippen molar-refractivity contribution in [2.75, 3.05) is 19.4 Å². The molecule has 0 aromatic carbocycles. The maximum atomic E-state index is 11.8. The van der Waals surface area contributed by atoms with E-state index in [1.54, 1.807) is 14.1 Å². The number of carbonyl (C=O) groups is 2. The Kier molecular flexibility index (Phi) is 5.96. The molecule has 0 saturated heterocycles. The number of aromatic nitrogens is 1. The second kappa shape index (κ2) is 7.26. The average Bonchev–Trinajstić information content (AvgIpc) is 2.43.